The van der Waals surface area contributed by atoms with Crippen molar-refractivity contribution in [3.63, 3.8) is 0 Å². The van der Waals surface area contributed by atoms with Gasteiger partial charge in [0.2, 0.25) is 21.8 Å². The van der Waals surface area contributed by atoms with Gasteiger partial charge in [-0.25, -0.2) is 8.42 Å². The van der Waals surface area contributed by atoms with E-state index in [2.05, 4.69) is 5.32 Å². The largest absolute Gasteiger partial charge is 0.495 e. The molecule has 1 atom stereocenters. The van der Waals surface area contributed by atoms with Crippen LogP contribution in [0.1, 0.15) is 43.4 Å². The Morgan fingerprint density at radius 1 is 0.905 bits per heavy atom. The lowest BCUT2D eigenvalue weighted by atomic mass is 10.0. The Labute approximate surface area is 250 Å². The Morgan fingerprint density at radius 3 is 2.17 bits per heavy atom. The van der Waals surface area contributed by atoms with E-state index >= 15 is 0 Å². The van der Waals surface area contributed by atoms with Gasteiger partial charge in [0.05, 0.1) is 19.1 Å². The average Bonchev–Trinajstić information content (AvgIpc) is 2.96. The zero-order valence-electron chi connectivity index (χ0n) is 25.2. The van der Waals surface area contributed by atoms with Crippen LogP contribution < -0.4 is 14.4 Å². The minimum Gasteiger partial charge on any atom is -0.495 e. The molecule has 0 unspecified atom stereocenters. The highest BCUT2D eigenvalue weighted by atomic mass is 32.2. The molecule has 0 radical (unpaired) electrons. The zero-order chi connectivity index (χ0) is 30.7. The summed E-state index contributed by atoms with van der Waals surface area (Å²) in [5, 5.41) is 3.03. The quantitative estimate of drug-likeness (QED) is 0.269. The van der Waals surface area contributed by atoms with E-state index in [1.54, 1.807) is 29.2 Å². The standard InChI is InChI=1S/C33H43N3O5S/c1-25(2)23-34-33(38)30(22-27-12-7-6-8-13-27)35(24-28-19-17-26(3)18-20-28)32(37)16-11-21-36(42(5,39)40)29-14-9-10-15-31(29)41-4/h6-10,12-15,17-20,25,30H,11,16,21-24H2,1-5H3,(H,34,38)/t30-/m0/s1. The van der Waals surface area contributed by atoms with Crippen molar-refractivity contribution in [2.24, 2.45) is 5.92 Å². The predicted octanol–water partition coefficient (Wildman–Crippen LogP) is 4.96. The van der Waals surface area contributed by atoms with Gasteiger partial charge in [-0.15, -0.1) is 0 Å². The number of hydrogen-bond acceptors (Lipinski definition) is 5. The SMILES string of the molecule is COc1ccccc1N(CCCC(=O)N(Cc1ccc(C)cc1)[C@@H](Cc1ccccc1)C(=O)NCC(C)C)S(C)(=O)=O. The van der Waals surface area contributed by atoms with Crippen molar-refractivity contribution in [3.8, 4) is 5.75 Å². The summed E-state index contributed by atoms with van der Waals surface area (Å²) in [7, 11) is -2.15. The molecule has 3 aromatic carbocycles. The van der Waals surface area contributed by atoms with Crippen LogP contribution in [0.25, 0.3) is 0 Å². The van der Waals surface area contributed by atoms with E-state index in [-0.39, 0.29) is 43.7 Å². The maximum absolute atomic E-state index is 13.9. The van der Waals surface area contributed by atoms with E-state index in [0.717, 1.165) is 22.9 Å². The number of methoxy groups -OCH3 is 1. The first-order valence-corrected chi connectivity index (χ1v) is 16.1. The zero-order valence-corrected chi connectivity index (χ0v) is 26.1. The Hall–Kier alpha value is -3.85. The molecule has 42 heavy (non-hydrogen) atoms. The molecular weight excluding hydrogens is 550 g/mol. The number of nitrogens with one attached hydrogen (secondary N) is 1. The molecule has 0 aromatic heterocycles. The molecule has 8 nitrogen and oxygen atoms in total. The molecule has 0 aliphatic heterocycles. The summed E-state index contributed by atoms with van der Waals surface area (Å²) in [5.74, 6) is 0.258. The number of nitrogens with zero attached hydrogens (tertiary/aromatic N) is 2. The molecule has 0 heterocycles. The Morgan fingerprint density at radius 2 is 1.55 bits per heavy atom. The summed E-state index contributed by atoms with van der Waals surface area (Å²) >= 11 is 0. The number of para-hydroxylation sites is 2. The van der Waals surface area contributed by atoms with Gasteiger partial charge in [-0.3, -0.25) is 13.9 Å². The Bertz CT molecular complexity index is 1410. The van der Waals surface area contributed by atoms with Crippen LogP contribution in [0.2, 0.25) is 0 Å². The molecule has 226 valence electrons. The fourth-order valence-electron chi connectivity index (χ4n) is 4.68. The number of rotatable bonds is 15. The van der Waals surface area contributed by atoms with E-state index in [4.69, 9.17) is 4.74 Å². The van der Waals surface area contributed by atoms with Crippen molar-refractivity contribution in [1.29, 1.82) is 0 Å². The molecule has 0 saturated carbocycles. The third kappa shape index (κ3) is 9.62. The summed E-state index contributed by atoms with van der Waals surface area (Å²) in [5.41, 5.74) is 3.38. The lowest BCUT2D eigenvalue weighted by Crippen LogP contribution is -2.51. The molecule has 0 fully saturated rings. The normalized spacial score (nSPS) is 12.0. The number of hydrogen-bond donors (Lipinski definition) is 1. The number of benzene rings is 3. The first-order chi connectivity index (χ1) is 20.0. The molecule has 3 aromatic rings. The van der Waals surface area contributed by atoms with Gasteiger partial charge in [-0.05, 0) is 42.5 Å². The maximum Gasteiger partial charge on any atom is 0.243 e. The Balaban J connectivity index is 1.89. The van der Waals surface area contributed by atoms with Gasteiger partial charge in [-0.1, -0.05) is 86.1 Å². The van der Waals surface area contributed by atoms with Crippen molar-refractivity contribution < 1.29 is 22.7 Å². The number of carbonyl (C=O) groups is 2. The highest BCUT2D eigenvalue weighted by molar-refractivity contribution is 7.92. The number of amides is 2. The first-order valence-electron chi connectivity index (χ1n) is 14.3. The maximum atomic E-state index is 13.9. The minimum absolute atomic E-state index is 0.0653. The highest BCUT2D eigenvalue weighted by Gasteiger charge is 2.31. The number of sulfonamides is 1. The third-order valence-electron chi connectivity index (χ3n) is 6.94. The van der Waals surface area contributed by atoms with Crippen molar-refractivity contribution in [3.05, 3.63) is 95.6 Å². The summed E-state index contributed by atoms with van der Waals surface area (Å²) in [4.78, 5) is 29.2. The number of aryl methyl sites for hydroxylation is 1. The van der Waals surface area contributed by atoms with Crippen LogP contribution in [0.3, 0.4) is 0 Å². The van der Waals surface area contributed by atoms with Crippen LogP contribution in [0.15, 0.2) is 78.9 Å². The molecule has 0 spiro atoms. The summed E-state index contributed by atoms with van der Waals surface area (Å²) in [6.07, 6.45) is 1.83. The molecule has 9 heteroatoms. The van der Waals surface area contributed by atoms with Gasteiger partial charge < -0.3 is 15.0 Å². The number of ether oxygens (including phenoxy) is 1. The summed E-state index contributed by atoms with van der Waals surface area (Å²) in [6, 6.07) is 23.7. The van der Waals surface area contributed by atoms with Gasteiger partial charge in [-0.2, -0.15) is 0 Å². The van der Waals surface area contributed by atoms with E-state index in [1.165, 1.54) is 11.4 Å². The smallest absolute Gasteiger partial charge is 0.243 e. The van der Waals surface area contributed by atoms with Crippen molar-refractivity contribution >= 4 is 27.5 Å². The fraction of sp³-hybridized carbons (Fsp3) is 0.394. The fourth-order valence-corrected chi connectivity index (χ4v) is 5.65. The molecule has 0 bridgehead atoms. The van der Waals surface area contributed by atoms with Crippen molar-refractivity contribution in [2.75, 3.05) is 30.8 Å². The second-order valence-corrected chi connectivity index (χ2v) is 12.9. The van der Waals surface area contributed by atoms with Crippen molar-refractivity contribution in [1.82, 2.24) is 10.2 Å². The topological polar surface area (TPSA) is 96.0 Å². The van der Waals surface area contributed by atoms with E-state index < -0.39 is 16.1 Å². The van der Waals surface area contributed by atoms with Crippen molar-refractivity contribution in [2.45, 2.75) is 52.6 Å². The molecule has 0 aliphatic rings. The molecular formula is C33H43N3O5S. The van der Waals surface area contributed by atoms with Gasteiger partial charge in [0.15, 0.2) is 0 Å². The van der Waals surface area contributed by atoms with E-state index in [1.807, 2.05) is 75.4 Å². The van der Waals surface area contributed by atoms with E-state index in [9.17, 15) is 18.0 Å². The molecule has 2 amide bonds. The lowest BCUT2D eigenvalue weighted by Gasteiger charge is -2.32. The third-order valence-corrected chi connectivity index (χ3v) is 8.12. The van der Waals surface area contributed by atoms with E-state index in [0.29, 0.717) is 24.4 Å². The molecule has 1 N–H and O–H groups in total. The minimum atomic E-state index is -3.64. The van der Waals surface area contributed by atoms with Gasteiger partial charge in [0.1, 0.15) is 11.8 Å². The van der Waals surface area contributed by atoms with Crippen LogP contribution in [0, 0.1) is 12.8 Å². The van der Waals surface area contributed by atoms with Crippen LogP contribution in [0.5, 0.6) is 5.75 Å². The molecule has 3 rings (SSSR count). The lowest BCUT2D eigenvalue weighted by molar-refractivity contribution is -0.141. The second-order valence-electron chi connectivity index (χ2n) is 11.0. The number of carbonyl (C=O) groups excluding carboxylic acids is 2. The van der Waals surface area contributed by atoms with Gasteiger partial charge >= 0.3 is 0 Å². The van der Waals surface area contributed by atoms with Crippen LogP contribution >= 0.6 is 0 Å². The second kappa shape index (κ2) is 15.4. The van der Waals surface area contributed by atoms with Crippen LogP contribution in [0.4, 0.5) is 5.69 Å². The highest BCUT2D eigenvalue weighted by Crippen LogP contribution is 2.30. The summed E-state index contributed by atoms with van der Waals surface area (Å²) in [6.45, 7) is 6.90. The predicted molar refractivity (Wildman–Crippen MR) is 168 cm³/mol. The Kier molecular flexibility index (Phi) is 12.0. The van der Waals surface area contributed by atoms with Gasteiger partial charge in [0, 0.05) is 32.5 Å². The van der Waals surface area contributed by atoms with Crippen LogP contribution in [-0.4, -0.2) is 57.6 Å². The number of anilines is 1. The molecule has 0 aliphatic carbocycles. The van der Waals surface area contributed by atoms with Gasteiger partial charge in [0.25, 0.3) is 0 Å². The van der Waals surface area contributed by atoms with Crippen LogP contribution in [-0.2, 0) is 32.6 Å². The monoisotopic (exact) mass is 593 g/mol. The average molecular weight is 594 g/mol. The first kappa shape index (κ1) is 32.7. The molecule has 0 saturated heterocycles. The summed E-state index contributed by atoms with van der Waals surface area (Å²) < 4.78 is 32.1.